The first-order chi connectivity index (χ1) is 12.3. The molecule has 4 heteroatoms. The Balaban J connectivity index is 1.45. The molecule has 1 aliphatic rings. The Morgan fingerprint density at radius 3 is 2.64 bits per heavy atom. The third-order valence-electron chi connectivity index (χ3n) is 5.08. The van der Waals surface area contributed by atoms with Gasteiger partial charge in [0, 0.05) is 31.5 Å². The Morgan fingerprint density at radius 1 is 1.16 bits per heavy atom. The van der Waals surface area contributed by atoms with Gasteiger partial charge in [-0.25, -0.2) is 0 Å². The van der Waals surface area contributed by atoms with E-state index in [1.54, 1.807) is 0 Å². The molecule has 0 radical (unpaired) electrons. The van der Waals surface area contributed by atoms with E-state index in [2.05, 4.69) is 5.32 Å². The van der Waals surface area contributed by atoms with Crippen LogP contribution in [0.3, 0.4) is 0 Å². The molecular formula is C21H28N2O2. The summed E-state index contributed by atoms with van der Waals surface area (Å²) >= 11 is 0. The fourth-order valence-electron chi connectivity index (χ4n) is 3.48. The van der Waals surface area contributed by atoms with Gasteiger partial charge in [-0.15, -0.1) is 0 Å². The number of nitrogens with zero attached hydrogens (tertiary/aromatic N) is 1. The zero-order valence-corrected chi connectivity index (χ0v) is 15.0. The quantitative estimate of drug-likeness (QED) is 0.835. The lowest BCUT2D eigenvalue weighted by Gasteiger charge is -2.32. The Labute approximate surface area is 150 Å². The summed E-state index contributed by atoms with van der Waals surface area (Å²) in [5.74, 6) is 2.77. The van der Waals surface area contributed by atoms with Crippen LogP contribution in [0.2, 0.25) is 0 Å². The molecule has 2 aromatic rings. The Morgan fingerprint density at radius 2 is 1.92 bits per heavy atom. The minimum absolute atomic E-state index is 0.254. The predicted octanol–water partition coefficient (Wildman–Crippen LogP) is 3.73. The van der Waals surface area contributed by atoms with Crippen LogP contribution in [0.25, 0.3) is 11.3 Å². The molecule has 1 aromatic carbocycles. The van der Waals surface area contributed by atoms with Gasteiger partial charge >= 0.3 is 0 Å². The first kappa shape index (κ1) is 17.7. The third kappa shape index (κ3) is 4.95. The van der Waals surface area contributed by atoms with Gasteiger partial charge in [-0.05, 0) is 50.9 Å². The highest BCUT2D eigenvalue weighted by Crippen LogP contribution is 2.23. The van der Waals surface area contributed by atoms with Gasteiger partial charge in [-0.3, -0.25) is 4.79 Å². The van der Waals surface area contributed by atoms with Gasteiger partial charge in [-0.2, -0.15) is 0 Å². The van der Waals surface area contributed by atoms with Crippen LogP contribution in [0, 0.1) is 5.92 Å². The van der Waals surface area contributed by atoms with Crippen LogP contribution in [0.4, 0.5) is 0 Å². The molecule has 134 valence electrons. The molecule has 2 heterocycles. The SMILES string of the molecule is CNCCC1CCN(C(=O)CCc2ccc(-c3ccccc3)o2)CC1. The van der Waals surface area contributed by atoms with E-state index in [1.165, 1.54) is 6.42 Å². The summed E-state index contributed by atoms with van der Waals surface area (Å²) < 4.78 is 5.89. The number of rotatable bonds is 7. The van der Waals surface area contributed by atoms with E-state index in [4.69, 9.17) is 4.42 Å². The van der Waals surface area contributed by atoms with E-state index >= 15 is 0 Å². The average Bonchev–Trinajstić information content (AvgIpc) is 3.14. The number of likely N-dealkylation sites (tertiary alicyclic amines) is 1. The number of furan rings is 1. The molecule has 0 saturated carbocycles. The van der Waals surface area contributed by atoms with Gasteiger partial charge < -0.3 is 14.6 Å². The molecular weight excluding hydrogens is 312 g/mol. The molecule has 3 rings (SSSR count). The second kappa shape index (κ2) is 8.86. The molecule has 0 bridgehead atoms. The van der Waals surface area contributed by atoms with Gasteiger partial charge in [0.25, 0.3) is 0 Å². The van der Waals surface area contributed by atoms with Crippen molar-refractivity contribution in [2.75, 3.05) is 26.7 Å². The van der Waals surface area contributed by atoms with Crippen LogP contribution in [0.1, 0.15) is 31.4 Å². The van der Waals surface area contributed by atoms with Crippen LogP contribution in [0.5, 0.6) is 0 Å². The van der Waals surface area contributed by atoms with E-state index in [0.717, 1.165) is 55.5 Å². The fraction of sp³-hybridized carbons (Fsp3) is 0.476. The molecule has 25 heavy (non-hydrogen) atoms. The minimum Gasteiger partial charge on any atom is -0.461 e. The van der Waals surface area contributed by atoms with Gasteiger partial charge in [0.15, 0.2) is 0 Å². The summed E-state index contributed by atoms with van der Waals surface area (Å²) in [6, 6.07) is 14.0. The number of hydrogen-bond donors (Lipinski definition) is 1. The van der Waals surface area contributed by atoms with Crippen LogP contribution in [-0.4, -0.2) is 37.5 Å². The van der Waals surface area contributed by atoms with Crippen LogP contribution in [-0.2, 0) is 11.2 Å². The van der Waals surface area contributed by atoms with Crippen molar-refractivity contribution in [3.05, 3.63) is 48.2 Å². The number of hydrogen-bond acceptors (Lipinski definition) is 3. The second-order valence-electron chi connectivity index (χ2n) is 6.85. The van der Waals surface area contributed by atoms with Gasteiger partial charge in [-0.1, -0.05) is 30.3 Å². The number of piperidine rings is 1. The third-order valence-corrected chi connectivity index (χ3v) is 5.08. The molecule has 0 atom stereocenters. The minimum atomic E-state index is 0.254. The molecule has 0 unspecified atom stereocenters. The highest BCUT2D eigenvalue weighted by Gasteiger charge is 2.22. The fourth-order valence-corrected chi connectivity index (χ4v) is 3.48. The van der Waals surface area contributed by atoms with Crippen molar-refractivity contribution in [1.29, 1.82) is 0 Å². The van der Waals surface area contributed by atoms with E-state index < -0.39 is 0 Å². The zero-order valence-electron chi connectivity index (χ0n) is 15.0. The number of amides is 1. The van der Waals surface area contributed by atoms with Gasteiger partial charge in [0.2, 0.25) is 5.91 Å². The van der Waals surface area contributed by atoms with Crippen molar-refractivity contribution in [2.45, 2.75) is 32.1 Å². The lowest BCUT2D eigenvalue weighted by atomic mass is 9.93. The summed E-state index contributed by atoms with van der Waals surface area (Å²) in [6.45, 7) is 2.88. The van der Waals surface area contributed by atoms with Crippen molar-refractivity contribution >= 4 is 5.91 Å². The number of carbonyl (C=O) groups is 1. The molecule has 4 nitrogen and oxygen atoms in total. The van der Waals surface area contributed by atoms with Crippen molar-refractivity contribution in [1.82, 2.24) is 10.2 Å². The molecule has 1 aliphatic heterocycles. The second-order valence-corrected chi connectivity index (χ2v) is 6.85. The summed E-state index contributed by atoms with van der Waals surface area (Å²) in [5, 5.41) is 3.21. The first-order valence-electron chi connectivity index (χ1n) is 9.33. The maximum absolute atomic E-state index is 12.4. The number of carbonyl (C=O) groups excluding carboxylic acids is 1. The van der Waals surface area contributed by atoms with Gasteiger partial charge in [0.05, 0.1) is 0 Å². The zero-order chi connectivity index (χ0) is 17.5. The Hall–Kier alpha value is -2.07. The molecule has 1 saturated heterocycles. The maximum atomic E-state index is 12.4. The molecule has 0 aliphatic carbocycles. The lowest BCUT2D eigenvalue weighted by Crippen LogP contribution is -2.39. The van der Waals surface area contributed by atoms with Crippen LogP contribution >= 0.6 is 0 Å². The lowest BCUT2D eigenvalue weighted by molar-refractivity contribution is -0.132. The van der Waals surface area contributed by atoms with Crippen LogP contribution in [0.15, 0.2) is 46.9 Å². The smallest absolute Gasteiger partial charge is 0.223 e. The largest absolute Gasteiger partial charge is 0.461 e. The first-order valence-corrected chi connectivity index (χ1v) is 9.33. The van der Waals surface area contributed by atoms with Crippen molar-refractivity contribution in [3.63, 3.8) is 0 Å². The van der Waals surface area contributed by atoms with E-state index in [9.17, 15) is 4.79 Å². The molecule has 1 aromatic heterocycles. The standard InChI is InChI=1S/C21H28N2O2/c1-22-14-11-17-12-15-23(16-13-17)21(24)10-8-19-7-9-20(25-19)18-5-3-2-4-6-18/h2-7,9,17,22H,8,10-16H2,1H3. The summed E-state index contributed by atoms with van der Waals surface area (Å²) in [5.41, 5.74) is 1.07. The molecule has 0 spiro atoms. The topological polar surface area (TPSA) is 45.5 Å². The van der Waals surface area contributed by atoms with E-state index in [0.29, 0.717) is 12.8 Å². The molecule has 1 N–H and O–H groups in total. The maximum Gasteiger partial charge on any atom is 0.223 e. The number of benzene rings is 1. The highest BCUT2D eigenvalue weighted by molar-refractivity contribution is 5.76. The van der Waals surface area contributed by atoms with Crippen LogP contribution < -0.4 is 5.32 Å². The van der Waals surface area contributed by atoms with Crippen molar-refractivity contribution < 1.29 is 9.21 Å². The summed E-state index contributed by atoms with van der Waals surface area (Å²) in [7, 11) is 2.00. The monoisotopic (exact) mass is 340 g/mol. The Kier molecular flexibility index (Phi) is 6.29. The van der Waals surface area contributed by atoms with E-state index in [-0.39, 0.29) is 5.91 Å². The van der Waals surface area contributed by atoms with Gasteiger partial charge in [0.1, 0.15) is 11.5 Å². The molecule has 1 amide bonds. The normalized spacial score (nSPS) is 15.5. The average molecular weight is 340 g/mol. The predicted molar refractivity (Wildman–Crippen MR) is 100 cm³/mol. The summed E-state index contributed by atoms with van der Waals surface area (Å²) in [4.78, 5) is 14.5. The number of aryl methyl sites for hydroxylation is 1. The Bertz CT molecular complexity index is 658. The summed E-state index contributed by atoms with van der Waals surface area (Å²) in [6.07, 6.45) is 4.68. The van der Waals surface area contributed by atoms with E-state index in [1.807, 2.05) is 54.4 Å². The number of nitrogens with one attached hydrogen (secondary N) is 1. The highest BCUT2D eigenvalue weighted by atomic mass is 16.3. The van der Waals surface area contributed by atoms with Crippen molar-refractivity contribution in [2.24, 2.45) is 5.92 Å². The van der Waals surface area contributed by atoms with Crippen molar-refractivity contribution in [3.8, 4) is 11.3 Å². The molecule has 1 fully saturated rings.